The van der Waals surface area contributed by atoms with Gasteiger partial charge in [-0.2, -0.15) is 0 Å². The van der Waals surface area contributed by atoms with Crippen molar-refractivity contribution in [2.24, 2.45) is 5.92 Å². The van der Waals surface area contributed by atoms with E-state index in [1.54, 1.807) is 17.3 Å². The van der Waals surface area contributed by atoms with Gasteiger partial charge in [-0.25, -0.2) is 4.79 Å². The smallest absolute Gasteiger partial charge is 0.317 e. The maximum Gasteiger partial charge on any atom is 0.317 e. The Morgan fingerprint density at radius 1 is 1.45 bits per heavy atom. The number of rotatable bonds is 3. The second-order valence-corrected chi connectivity index (χ2v) is 5.06. The lowest BCUT2D eigenvalue weighted by Crippen LogP contribution is -2.45. The van der Waals surface area contributed by atoms with Gasteiger partial charge in [0.15, 0.2) is 0 Å². The Morgan fingerprint density at radius 2 is 2.15 bits per heavy atom. The number of likely N-dealkylation sites (tertiary alicyclic amines) is 1. The molecule has 2 amide bonds. The zero-order valence-corrected chi connectivity index (χ0v) is 11.5. The molecule has 2 rings (SSSR count). The molecule has 1 aromatic heterocycles. The maximum atomic E-state index is 12.0. The van der Waals surface area contributed by atoms with Crippen LogP contribution in [0.3, 0.4) is 0 Å². The first-order chi connectivity index (χ1) is 9.58. The van der Waals surface area contributed by atoms with E-state index in [1.165, 1.54) is 0 Å². The number of carbonyl (C=O) groups excluding carboxylic acids is 1. The Kier molecular flexibility index (Phi) is 4.55. The molecule has 0 unspecified atom stereocenters. The highest BCUT2D eigenvalue weighted by Crippen LogP contribution is 2.17. The molecule has 108 valence electrons. The minimum Gasteiger partial charge on any atom is -0.481 e. The summed E-state index contributed by atoms with van der Waals surface area (Å²) in [6.07, 6.45) is 4.51. The third-order valence-electron chi connectivity index (χ3n) is 3.71. The fraction of sp³-hybridized carbons (Fsp3) is 0.500. The van der Waals surface area contributed by atoms with Crippen LogP contribution in [0.1, 0.15) is 24.0 Å². The predicted molar refractivity (Wildman–Crippen MR) is 73.1 cm³/mol. The summed E-state index contributed by atoms with van der Waals surface area (Å²) in [6.45, 7) is 3.41. The summed E-state index contributed by atoms with van der Waals surface area (Å²) in [7, 11) is 0. The second-order valence-electron chi connectivity index (χ2n) is 5.06. The highest BCUT2D eigenvalue weighted by molar-refractivity contribution is 5.75. The topological polar surface area (TPSA) is 82.5 Å². The fourth-order valence-corrected chi connectivity index (χ4v) is 2.29. The molecular formula is C14H19N3O3. The number of hydrogen-bond acceptors (Lipinski definition) is 3. The Bertz CT molecular complexity index is 496. The summed E-state index contributed by atoms with van der Waals surface area (Å²) in [4.78, 5) is 28.6. The zero-order valence-electron chi connectivity index (χ0n) is 11.5. The van der Waals surface area contributed by atoms with E-state index in [-0.39, 0.29) is 11.9 Å². The number of nitrogens with zero attached hydrogens (tertiary/aromatic N) is 2. The van der Waals surface area contributed by atoms with Gasteiger partial charge in [-0.1, -0.05) is 0 Å². The Hall–Kier alpha value is -2.11. The number of carboxylic acid groups (broad SMARTS) is 1. The van der Waals surface area contributed by atoms with Crippen LogP contribution in [-0.4, -0.2) is 40.1 Å². The first-order valence-corrected chi connectivity index (χ1v) is 6.73. The molecule has 0 spiro atoms. The van der Waals surface area contributed by atoms with Crippen LogP contribution in [0.2, 0.25) is 0 Å². The molecule has 0 bridgehead atoms. The molecule has 0 radical (unpaired) electrons. The number of carbonyl (C=O) groups is 2. The van der Waals surface area contributed by atoms with Gasteiger partial charge in [0.25, 0.3) is 0 Å². The lowest BCUT2D eigenvalue weighted by molar-refractivity contribution is -0.143. The van der Waals surface area contributed by atoms with Crippen LogP contribution in [0.5, 0.6) is 0 Å². The first-order valence-electron chi connectivity index (χ1n) is 6.73. The predicted octanol–water partition coefficient (Wildman–Crippen LogP) is 1.40. The van der Waals surface area contributed by atoms with Crippen molar-refractivity contribution < 1.29 is 14.7 Å². The lowest BCUT2D eigenvalue weighted by atomic mass is 9.97. The van der Waals surface area contributed by atoms with Crippen LogP contribution in [0, 0.1) is 12.8 Å². The number of nitrogens with one attached hydrogen (secondary N) is 1. The number of amides is 2. The van der Waals surface area contributed by atoms with Gasteiger partial charge in [-0.15, -0.1) is 0 Å². The van der Waals surface area contributed by atoms with E-state index >= 15 is 0 Å². The van der Waals surface area contributed by atoms with E-state index in [4.69, 9.17) is 5.11 Å². The number of piperidine rings is 1. The van der Waals surface area contributed by atoms with Crippen molar-refractivity contribution in [2.75, 3.05) is 13.1 Å². The largest absolute Gasteiger partial charge is 0.481 e. The second kappa shape index (κ2) is 6.36. The number of pyridine rings is 1. The molecule has 0 aromatic carbocycles. The molecule has 20 heavy (non-hydrogen) atoms. The van der Waals surface area contributed by atoms with E-state index in [1.807, 2.05) is 13.0 Å². The van der Waals surface area contributed by atoms with Crippen molar-refractivity contribution in [3.8, 4) is 0 Å². The van der Waals surface area contributed by atoms with Crippen molar-refractivity contribution in [2.45, 2.75) is 26.3 Å². The monoisotopic (exact) mass is 277 g/mol. The van der Waals surface area contributed by atoms with E-state index in [9.17, 15) is 9.59 Å². The third kappa shape index (κ3) is 3.46. The van der Waals surface area contributed by atoms with E-state index in [0.29, 0.717) is 32.5 Å². The molecule has 6 heteroatoms. The molecule has 0 aliphatic carbocycles. The quantitative estimate of drug-likeness (QED) is 0.874. The lowest BCUT2D eigenvalue weighted by Gasteiger charge is -2.30. The van der Waals surface area contributed by atoms with Crippen LogP contribution in [0.15, 0.2) is 18.5 Å². The highest BCUT2D eigenvalue weighted by atomic mass is 16.4. The van der Waals surface area contributed by atoms with Gasteiger partial charge in [0.1, 0.15) is 0 Å². The molecule has 1 aliphatic rings. The summed E-state index contributed by atoms with van der Waals surface area (Å²) < 4.78 is 0. The summed E-state index contributed by atoms with van der Waals surface area (Å²) in [5.41, 5.74) is 2.08. The fourth-order valence-electron chi connectivity index (χ4n) is 2.29. The molecule has 1 aromatic rings. The number of aromatic nitrogens is 1. The average molecular weight is 277 g/mol. The van der Waals surface area contributed by atoms with Gasteiger partial charge in [-0.05, 0) is 37.0 Å². The number of aryl methyl sites for hydroxylation is 1. The van der Waals surface area contributed by atoms with E-state index < -0.39 is 5.97 Å². The molecule has 0 atom stereocenters. The minimum absolute atomic E-state index is 0.142. The average Bonchev–Trinajstić information content (AvgIpc) is 2.46. The Labute approximate surface area is 117 Å². The summed E-state index contributed by atoms with van der Waals surface area (Å²) >= 11 is 0. The van der Waals surface area contributed by atoms with Gasteiger partial charge in [0.2, 0.25) is 0 Å². The van der Waals surface area contributed by atoms with Gasteiger partial charge in [0, 0.05) is 32.0 Å². The van der Waals surface area contributed by atoms with Gasteiger partial charge < -0.3 is 15.3 Å². The summed E-state index contributed by atoms with van der Waals surface area (Å²) in [5.74, 6) is -1.09. The van der Waals surface area contributed by atoms with Crippen LogP contribution < -0.4 is 5.32 Å². The summed E-state index contributed by atoms with van der Waals surface area (Å²) in [5, 5.41) is 11.8. The highest BCUT2D eigenvalue weighted by Gasteiger charge is 2.26. The van der Waals surface area contributed by atoms with Crippen LogP contribution in [-0.2, 0) is 11.3 Å². The normalized spacial score (nSPS) is 15.9. The third-order valence-corrected chi connectivity index (χ3v) is 3.71. The van der Waals surface area contributed by atoms with Crippen LogP contribution in [0.4, 0.5) is 4.79 Å². The molecule has 6 nitrogen and oxygen atoms in total. The molecule has 1 saturated heterocycles. The molecule has 1 fully saturated rings. The summed E-state index contributed by atoms with van der Waals surface area (Å²) in [6, 6.07) is 1.76. The molecule has 2 N–H and O–H groups in total. The van der Waals surface area contributed by atoms with Gasteiger partial charge in [-0.3, -0.25) is 9.78 Å². The standard InChI is InChI=1S/C14H19N3O3/c1-10-2-5-15-8-12(10)9-16-14(20)17-6-3-11(4-7-17)13(18)19/h2,5,8,11H,3-4,6-7,9H2,1H3,(H,16,20)(H,18,19). The number of aliphatic carboxylic acids is 1. The molecule has 1 aliphatic heterocycles. The number of hydrogen-bond donors (Lipinski definition) is 2. The van der Waals surface area contributed by atoms with Crippen molar-refractivity contribution in [1.82, 2.24) is 15.2 Å². The Balaban J connectivity index is 1.82. The van der Waals surface area contributed by atoms with Crippen molar-refractivity contribution >= 4 is 12.0 Å². The maximum absolute atomic E-state index is 12.0. The van der Waals surface area contributed by atoms with Crippen LogP contribution in [0.25, 0.3) is 0 Å². The van der Waals surface area contributed by atoms with Crippen LogP contribution >= 0.6 is 0 Å². The van der Waals surface area contributed by atoms with Gasteiger partial charge in [0.05, 0.1) is 5.92 Å². The molecule has 0 saturated carbocycles. The zero-order chi connectivity index (χ0) is 14.5. The van der Waals surface area contributed by atoms with Crippen molar-refractivity contribution in [3.63, 3.8) is 0 Å². The van der Waals surface area contributed by atoms with E-state index in [0.717, 1.165) is 11.1 Å². The Morgan fingerprint density at radius 3 is 2.75 bits per heavy atom. The number of urea groups is 1. The minimum atomic E-state index is -0.768. The van der Waals surface area contributed by atoms with Crippen molar-refractivity contribution in [3.05, 3.63) is 29.6 Å². The molecule has 2 heterocycles. The van der Waals surface area contributed by atoms with Gasteiger partial charge >= 0.3 is 12.0 Å². The SMILES string of the molecule is Cc1ccncc1CNC(=O)N1CCC(C(=O)O)CC1. The van der Waals surface area contributed by atoms with Crippen molar-refractivity contribution in [1.29, 1.82) is 0 Å². The number of carboxylic acids is 1. The molecular weight excluding hydrogens is 258 g/mol. The van der Waals surface area contributed by atoms with E-state index in [2.05, 4.69) is 10.3 Å². The first kappa shape index (κ1) is 14.3.